The van der Waals surface area contributed by atoms with E-state index in [-0.39, 0.29) is 5.91 Å². The number of imidazole rings is 1. The first-order chi connectivity index (χ1) is 9.15. The summed E-state index contributed by atoms with van der Waals surface area (Å²) in [6.45, 7) is 2.43. The minimum absolute atomic E-state index is 0.110. The Hall–Kier alpha value is -2.14. The number of hydrogen-bond donors (Lipinski definition) is 1. The van der Waals surface area contributed by atoms with Crippen molar-refractivity contribution in [3.8, 4) is 5.75 Å². The largest absolute Gasteiger partial charge is 0.496 e. The summed E-state index contributed by atoms with van der Waals surface area (Å²) in [4.78, 5) is 16.4. The van der Waals surface area contributed by atoms with Gasteiger partial charge in [-0.15, -0.1) is 0 Å². The number of nitrogens with zero attached hydrogens (tertiary/aromatic N) is 2. The molecule has 5 nitrogen and oxygen atoms in total. The van der Waals surface area contributed by atoms with Gasteiger partial charge in [-0.3, -0.25) is 9.36 Å². The van der Waals surface area contributed by atoms with Gasteiger partial charge in [0.05, 0.1) is 12.8 Å². The first kappa shape index (κ1) is 13.3. The molecule has 0 bridgehead atoms. The Morgan fingerprint density at radius 2 is 2.26 bits per heavy atom. The second-order valence-electron chi connectivity index (χ2n) is 4.30. The SMILES string of the molecule is COc1ccc(C(=O)n2cnc(CCN)c2)cc1C. The van der Waals surface area contributed by atoms with Gasteiger partial charge < -0.3 is 10.5 Å². The zero-order valence-electron chi connectivity index (χ0n) is 11.1. The average Bonchev–Trinajstić information content (AvgIpc) is 2.87. The van der Waals surface area contributed by atoms with Crippen molar-refractivity contribution in [2.75, 3.05) is 13.7 Å². The maximum absolute atomic E-state index is 12.3. The molecule has 0 amide bonds. The van der Waals surface area contributed by atoms with Crippen LogP contribution in [0, 0.1) is 6.92 Å². The molecule has 0 unspecified atom stereocenters. The molecule has 2 N–H and O–H groups in total. The van der Waals surface area contributed by atoms with Crippen molar-refractivity contribution in [3.05, 3.63) is 47.5 Å². The van der Waals surface area contributed by atoms with E-state index in [0.29, 0.717) is 18.5 Å². The van der Waals surface area contributed by atoms with Crippen LogP contribution in [0.4, 0.5) is 0 Å². The maximum atomic E-state index is 12.3. The summed E-state index contributed by atoms with van der Waals surface area (Å²) in [6.07, 6.45) is 3.91. The number of benzene rings is 1. The van der Waals surface area contributed by atoms with Crippen molar-refractivity contribution in [3.63, 3.8) is 0 Å². The highest BCUT2D eigenvalue weighted by Gasteiger charge is 2.11. The highest BCUT2D eigenvalue weighted by atomic mass is 16.5. The van der Waals surface area contributed by atoms with Gasteiger partial charge in [-0.25, -0.2) is 4.98 Å². The molecular weight excluding hydrogens is 242 g/mol. The third-order valence-corrected chi connectivity index (χ3v) is 2.91. The van der Waals surface area contributed by atoms with Gasteiger partial charge in [0.15, 0.2) is 0 Å². The van der Waals surface area contributed by atoms with E-state index in [4.69, 9.17) is 10.5 Å². The van der Waals surface area contributed by atoms with E-state index in [9.17, 15) is 4.79 Å². The van der Waals surface area contributed by atoms with Gasteiger partial charge in [0.2, 0.25) is 0 Å². The van der Waals surface area contributed by atoms with Crippen molar-refractivity contribution >= 4 is 5.91 Å². The smallest absolute Gasteiger partial charge is 0.263 e. The normalized spacial score (nSPS) is 10.5. The summed E-state index contributed by atoms with van der Waals surface area (Å²) in [7, 11) is 1.61. The van der Waals surface area contributed by atoms with Gasteiger partial charge in [-0.05, 0) is 37.2 Å². The van der Waals surface area contributed by atoms with Crippen LogP contribution in [0.2, 0.25) is 0 Å². The molecule has 19 heavy (non-hydrogen) atoms. The molecule has 0 spiro atoms. The van der Waals surface area contributed by atoms with E-state index in [1.165, 1.54) is 10.9 Å². The molecule has 0 fully saturated rings. The van der Waals surface area contributed by atoms with Gasteiger partial charge in [-0.2, -0.15) is 0 Å². The molecule has 2 rings (SSSR count). The molecule has 1 heterocycles. The number of aryl methyl sites for hydroxylation is 1. The molecule has 100 valence electrons. The fourth-order valence-corrected chi connectivity index (χ4v) is 1.91. The molecule has 0 saturated carbocycles. The first-order valence-corrected chi connectivity index (χ1v) is 6.08. The highest BCUT2D eigenvalue weighted by Crippen LogP contribution is 2.19. The number of aromatic nitrogens is 2. The Kier molecular flexibility index (Phi) is 3.97. The Balaban J connectivity index is 2.25. The molecule has 2 aromatic rings. The van der Waals surface area contributed by atoms with Gasteiger partial charge in [-0.1, -0.05) is 0 Å². The molecule has 0 saturated heterocycles. The number of hydrogen-bond acceptors (Lipinski definition) is 4. The lowest BCUT2D eigenvalue weighted by Crippen LogP contribution is -2.10. The first-order valence-electron chi connectivity index (χ1n) is 6.08. The highest BCUT2D eigenvalue weighted by molar-refractivity contribution is 5.96. The lowest BCUT2D eigenvalue weighted by Gasteiger charge is -2.06. The average molecular weight is 259 g/mol. The zero-order chi connectivity index (χ0) is 13.8. The number of carbonyl (C=O) groups is 1. The molecule has 0 aliphatic rings. The van der Waals surface area contributed by atoms with Crippen LogP contribution in [0.1, 0.15) is 21.6 Å². The molecule has 0 radical (unpaired) electrons. The van der Waals surface area contributed by atoms with Crippen molar-refractivity contribution in [1.29, 1.82) is 0 Å². The van der Waals surface area contributed by atoms with Crippen LogP contribution in [0.5, 0.6) is 5.75 Å². The molecule has 5 heteroatoms. The van der Waals surface area contributed by atoms with E-state index < -0.39 is 0 Å². The fraction of sp³-hybridized carbons (Fsp3) is 0.286. The summed E-state index contributed by atoms with van der Waals surface area (Å²) < 4.78 is 6.66. The number of rotatable bonds is 4. The van der Waals surface area contributed by atoms with Gasteiger partial charge in [0.25, 0.3) is 5.91 Å². The van der Waals surface area contributed by atoms with Crippen LogP contribution in [-0.4, -0.2) is 29.1 Å². The molecule has 0 atom stereocenters. The standard InChI is InChI=1S/C14H17N3O2/c1-10-7-11(3-4-13(10)19-2)14(18)17-8-12(5-6-15)16-9-17/h3-4,7-9H,5-6,15H2,1-2H3. The molecule has 0 aliphatic heterocycles. The van der Waals surface area contributed by atoms with E-state index in [1.54, 1.807) is 25.4 Å². The quantitative estimate of drug-likeness (QED) is 0.900. The van der Waals surface area contributed by atoms with Crippen molar-refractivity contribution in [2.45, 2.75) is 13.3 Å². The fourth-order valence-electron chi connectivity index (χ4n) is 1.91. The molecule has 1 aromatic heterocycles. The Labute approximate surface area is 112 Å². The number of carbonyl (C=O) groups excluding carboxylic acids is 1. The van der Waals surface area contributed by atoms with Gasteiger partial charge in [0, 0.05) is 18.2 Å². The summed E-state index contributed by atoms with van der Waals surface area (Å²) in [6, 6.07) is 5.35. The Morgan fingerprint density at radius 3 is 2.89 bits per heavy atom. The number of ether oxygens (including phenoxy) is 1. The van der Waals surface area contributed by atoms with Crippen LogP contribution in [-0.2, 0) is 6.42 Å². The van der Waals surface area contributed by atoms with E-state index in [0.717, 1.165) is 17.0 Å². The lowest BCUT2D eigenvalue weighted by molar-refractivity contribution is 0.0959. The van der Waals surface area contributed by atoms with Crippen LogP contribution < -0.4 is 10.5 Å². The zero-order valence-corrected chi connectivity index (χ0v) is 11.1. The second kappa shape index (κ2) is 5.67. The van der Waals surface area contributed by atoms with Crippen molar-refractivity contribution in [2.24, 2.45) is 5.73 Å². The molecule has 0 aliphatic carbocycles. The predicted molar refractivity (Wildman–Crippen MR) is 72.4 cm³/mol. The third kappa shape index (κ3) is 2.82. The Bertz CT molecular complexity index is 590. The predicted octanol–water partition coefficient (Wildman–Crippen LogP) is 1.39. The summed E-state index contributed by atoms with van der Waals surface area (Å²) in [5.41, 5.74) is 7.81. The summed E-state index contributed by atoms with van der Waals surface area (Å²) >= 11 is 0. The Morgan fingerprint density at radius 1 is 1.47 bits per heavy atom. The summed E-state index contributed by atoms with van der Waals surface area (Å²) in [5.74, 6) is 0.660. The number of nitrogens with two attached hydrogens (primary N) is 1. The maximum Gasteiger partial charge on any atom is 0.263 e. The van der Waals surface area contributed by atoms with Crippen LogP contribution in [0.15, 0.2) is 30.7 Å². The minimum Gasteiger partial charge on any atom is -0.496 e. The molecule has 1 aromatic carbocycles. The lowest BCUT2D eigenvalue weighted by atomic mass is 10.1. The van der Waals surface area contributed by atoms with E-state index in [1.807, 2.05) is 13.0 Å². The molecular formula is C14H17N3O2. The monoisotopic (exact) mass is 259 g/mol. The van der Waals surface area contributed by atoms with E-state index in [2.05, 4.69) is 4.98 Å². The van der Waals surface area contributed by atoms with Gasteiger partial charge in [0.1, 0.15) is 12.1 Å². The van der Waals surface area contributed by atoms with Crippen LogP contribution >= 0.6 is 0 Å². The van der Waals surface area contributed by atoms with Crippen molar-refractivity contribution < 1.29 is 9.53 Å². The second-order valence-corrected chi connectivity index (χ2v) is 4.30. The minimum atomic E-state index is -0.110. The van der Waals surface area contributed by atoms with Crippen molar-refractivity contribution in [1.82, 2.24) is 9.55 Å². The van der Waals surface area contributed by atoms with E-state index >= 15 is 0 Å². The number of methoxy groups -OCH3 is 1. The summed E-state index contributed by atoms with van der Waals surface area (Å²) in [5, 5.41) is 0. The van der Waals surface area contributed by atoms with Crippen LogP contribution in [0.3, 0.4) is 0 Å². The van der Waals surface area contributed by atoms with Crippen LogP contribution in [0.25, 0.3) is 0 Å². The van der Waals surface area contributed by atoms with Gasteiger partial charge >= 0.3 is 0 Å². The third-order valence-electron chi connectivity index (χ3n) is 2.91. The topological polar surface area (TPSA) is 70.1 Å².